The van der Waals surface area contributed by atoms with Crippen molar-refractivity contribution in [3.05, 3.63) is 35.9 Å². The topological polar surface area (TPSA) is 38.8 Å². The van der Waals surface area contributed by atoms with Crippen LogP contribution >= 0.6 is 0 Å². The van der Waals surface area contributed by atoms with Gasteiger partial charge < -0.3 is 14.4 Å². The normalized spacial score (nSPS) is 24.1. The minimum atomic E-state index is 0.0167. The van der Waals surface area contributed by atoms with Gasteiger partial charge in [-0.05, 0) is 37.2 Å². The molecule has 0 N–H and O–H groups in total. The largest absolute Gasteiger partial charge is 0.385 e. The Morgan fingerprint density at radius 3 is 2.67 bits per heavy atom. The zero-order valence-electron chi connectivity index (χ0n) is 14.7. The first-order valence-electron chi connectivity index (χ1n) is 9.25. The fraction of sp³-hybridized carbons (Fsp3) is 0.650. The van der Waals surface area contributed by atoms with Crippen LogP contribution < -0.4 is 0 Å². The molecular weight excluding hydrogens is 302 g/mol. The van der Waals surface area contributed by atoms with Gasteiger partial charge in [0.2, 0.25) is 5.91 Å². The molecule has 1 saturated heterocycles. The Kier molecular flexibility index (Phi) is 6.27. The number of nitrogens with zero attached hydrogens (tertiary/aromatic N) is 1. The average Bonchev–Trinajstić information content (AvgIpc) is 3.47. The van der Waals surface area contributed by atoms with Crippen molar-refractivity contribution in [1.29, 1.82) is 0 Å². The molecule has 2 fully saturated rings. The lowest BCUT2D eigenvalue weighted by molar-refractivity contribution is -0.148. The Morgan fingerprint density at radius 1 is 1.17 bits per heavy atom. The molecule has 1 aromatic carbocycles. The van der Waals surface area contributed by atoms with Crippen LogP contribution in [-0.2, 0) is 14.3 Å². The fourth-order valence-corrected chi connectivity index (χ4v) is 3.43. The fourth-order valence-electron chi connectivity index (χ4n) is 3.43. The summed E-state index contributed by atoms with van der Waals surface area (Å²) in [6.07, 6.45) is 6.38. The highest BCUT2D eigenvalue weighted by Crippen LogP contribution is 2.39. The zero-order valence-corrected chi connectivity index (χ0v) is 14.7. The lowest BCUT2D eigenvalue weighted by atomic mass is 10.0. The van der Waals surface area contributed by atoms with Crippen LogP contribution in [0.3, 0.4) is 0 Å². The molecule has 4 heteroatoms. The molecule has 2 aliphatic rings. The van der Waals surface area contributed by atoms with Crippen molar-refractivity contribution in [2.45, 2.75) is 50.7 Å². The van der Waals surface area contributed by atoms with Crippen molar-refractivity contribution in [1.82, 2.24) is 4.90 Å². The third kappa shape index (κ3) is 4.81. The summed E-state index contributed by atoms with van der Waals surface area (Å²) in [5.74, 6) is 0.927. The Hall–Kier alpha value is -1.39. The van der Waals surface area contributed by atoms with E-state index < -0.39 is 0 Å². The van der Waals surface area contributed by atoms with Crippen LogP contribution in [0.15, 0.2) is 30.3 Å². The Morgan fingerprint density at radius 2 is 1.96 bits per heavy atom. The molecular formula is C20H29NO3. The van der Waals surface area contributed by atoms with E-state index in [0.717, 1.165) is 32.4 Å². The van der Waals surface area contributed by atoms with E-state index in [-0.39, 0.29) is 18.1 Å². The number of unbranched alkanes of at least 4 members (excludes halogenated alkanes) is 2. The summed E-state index contributed by atoms with van der Waals surface area (Å²) < 4.78 is 11.4. The highest BCUT2D eigenvalue weighted by molar-refractivity contribution is 5.76. The summed E-state index contributed by atoms with van der Waals surface area (Å²) >= 11 is 0. The van der Waals surface area contributed by atoms with Crippen molar-refractivity contribution < 1.29 is 14.3 Å². The number of carbonyl (C=O) groups is 1. The van der Waals surface area contributed by atoms with Gasteiger partial charge in [-0.3, -0.25) is 4.79 Å². The number of hydrogen-bond acceptors (Lipinski definition) is 3. The maximum atomic E-state index is 12.6. The molecule has 1 aromatic rings. The average molecular weight is 331 g/mol. The van der Waals surface area contributed by atoms with Gasteiger partial charge in [0.25, 0.3) is 0 Å². The molecule has 132 valence electrons. The first-order valence-corrected chi connectivity index (χ1v) is 9.25. The number of benzene rings is 1. The van der Waals surface area contributed by atoms with E-state index in [4.69, 9.17) is 9.47 Å². The molecule has 24 heavy (non-hydrogen) atoms. The SMILES string of the molecule is COCCCCCC(=O)N1C[C@@H](c2ccccc2)O[C@@H](C2CC2)C1. The number of carbonyl (C=O) groups excluding carboxylic acids is 1. The van der Waals surface area contributed by atoms with E-state index >= 15 is 0 Å². The number of methoxy groups -OCH3 is 1. The smallest absolute Gasteiger partial charge is 0.222 e. The van der Waals surface area contributed by atoms with Crippen LogP contribution in [0.25, 0.3) is 0 Å². The van der Waals surface area contributed by atoms with Crippen LogP contribution in [0.1, 0.15) is 50.2 Å². The van der Waals surface area contributed by atoms with Gasteiger partial charge in [0, 0.05) is 26.7 Å². The summed E-state index contributed by atoms with van der Waals surface area (Å²) in [7, 11) is 1.72. The molecule has 2 atom stereocenters. The van der Waals surface area contributed by atoms with Crippen LogP contribution in [0.4, 0.5) is 0 Å². The number of ether oxygens (including phenoxy) is 2. The molecule has 1 aliphatic carbocycles. The maximum Gasteiger partial charge on any atom is 0.222 e. The summed E-state index contributed by atoms with van der Waals surface area (Å²) in [5, 5.41) is 0. The number of rotatable bonds is 8. The minimum absolute atomic E-state index is 0.0167. The predicted molar refractivity (Wildman–Crippen MR) is 93.7 cm³/mol. The molecule has 0 bridgehead atoms. The van der Waals surface area contributed by atoms with Crippen molar-refractivity contribution in [2.24, 2.45) is 5.92 Å². The second-order valence-electron chi connectivity index (χ2n) is 7.01. The molecule has 1 amide bonds. The van der Waals surface area contributed by atoms with Crippen molar-refractivity contribution in [2.75, 3.05) is 26.8 Å². The van der Waals surface area contributed by atoms with Gasteiger partial charge in [-0.2, -0.15) is 0 Å². The van der Waals surface area contributed by atoms with Crippen molar-refractivity contribution >= 4 is 5.91 Å². The van der Waals surface area contributed by atoms with Gasteiger partial charge in [0.05, 0.1) is 12.6 Å². The summed E-state index contributed by atoms with van der Waals surface area (Å²) in [6.45, 7) is 2.24. The van der Waals surface area contributed by atoms with Crippen LogP contribution in [0, 0.1) is 5.92 Å². The second kappa shape index (κ2) is 8.63. The van der Waals surface area contributed by atoms with E-state index in [2.05, 4.69) is 12.1 Å². The van der Waals surface area contributed by atoms with Gasteiger partial charge in [-0.15, -0.1) is 0 Å². The molecule has 0 spiro atoms. The minimum Gasteiger partial charge on any atom is -0.385 e. The van der Waals surface area contributed by atoms with E-state index in [0.29, 0.717) is 18.9 Å². The molecule has 1 aliphatic heterocycles. The molecule has 1 saturated carbocycles. The van der Waals surface area contributed by atoms with Crippen LogP contribution in [0.2, 0.25) is 0 Å². The van der Waals surface area contributed by atoms with E-state index in [1.54, 1.807) is 7.11 Å². The van der Waals surface area contributed by atoms with Gasteiger partial charge in [0.15, 0.2) is 0 Å². The molecule has 3 rings (SSSR count). The van der Waals surface area contributed by atoms with Crippen molar-refractivity contribution in [3.8, 4) is 0 Å². The monoisotopic (exact) mass is 331 g/mol. The van der Waals surface area contributed by atoms with Gasteiger partial charge in [-0.1, -0.05) is 36.8 Å². The standard InChI is InChI=1S/C20H29NO3/c1-23-13-7-3-6-10-20(22)21-14-18(16-8-4-2-5-9-16)24-19(15-21)17-11-12-17/h2,4-5,8-9,17-19H,3,6-7,10-15H2,1H3/t18-,19+/m0/s1. The molecule has 4 nitrogen and oxygen atoms in total. The van der Waals surface area contributed by atoms with E-state index in [9.17, 15) is 4.79 Å². The van der Waals surface area contributed by atoms with Crippen LogP contribution in [0.5, 0.6) is 0 Å². The summed E-state index contributed by atoms with van der Waals surface area (Å²) in [6, 6.07) is 10.3. The summed E-state index contributed by atoms with van der Waals surface area (Å²) in [5.41, 5.74) is 1.18. The Balaban J connectivity index is 1.56. The molecule has 0 aromatic heterocycles. The third-order valence-electron chi connectivity index (χ3n) is 5.04. The van der Waals surface area contributed by atoms with Gasteiger partial charge >= 0.3 is 0 Å². The third-order valence-corrected chi connectivity index (χ3v) is 5.04. The molecule has 0 radical (unpaired) electrons. The second-order valence-corrected chi connectivity index (χ2v) is 7.01. The Bertz CT molecular complexity index is 515. The number of morpholine rings is 1. The lowest BCUT2D eigenvalue weighted by Crippen LogP contribution is -2.47. The quantitative estimate of drug-likeness (QED) is 0.684. The number of hydrogen-bond donors (Lipinski definition) is 0. The van der Waals surface area contributed by atoms with E-state index in [1.165, 1.54) is 18.4 Å². The highest BCUT2D eigenvalue weighted by atomic mass is 16.5. The van der Waals surface area contributed by atoms with Gasteiger partial charge in [0.1, 0.15) is 6.10 Å². The first kappa shape index (κ1) is 17.4. The molecule has 0 unspecified atom stereocenters. The Labute approximate surface area is 145 Å². The maximum absolute atomic E-state index is 12.6. The van der Waals surface area contributed by atoms with Crippen LogP contribution in [-0.4, -0.2) is 43.7 Å². The molecule has 1 heterocycles. The van der Waals surface area contributed by atoms with Crippen molar-refractivity contribution in [3.63, 3.8) is 0 Å². The van der Waals surface area contributed by atoms with Gasteiger partial charge in [-0.25, -0.2) is 0 Å². The lowest BCUT2D eigenvalue weighted by Gasteiger charge is -2.38. The first-order chi connectivity index (χ1) is 11.8. The zero-order chi connectivity index (χ0) is 16.8. The summed E-state index contributed by atoms with van der Waals surface area (Å²) in [4.78, 5) is 14.7. The number of amides is 1. The predicted octanol–water partition coefficient (Wildman–Crippen LogP) is 3.57. The highest BCUT2D eigenvalue weighted by Gasteiger charge is 2.39. The van der Waals surface area contributed by atoms with E-state index in [1.807, 2.05) is 23.1 Å².